The van der Waals surface area contributed by atoms with E-state index >= 15 is 0 Å². The number of rotatable bonds is 5. The maximum atomic E-state index is 12.7. The summed E-state index contributed by atoms with van der Waals surface area (Å²) in [5.74, 6) is 0. The molecule has 0 saturated carbocycles. The highest BCUT2D eigenvalue weighted by atomic mass is 19.4. The van der Waals surface area contributed by atoms with E-state index in [0.29, 0.717) is 11.6 Å². The van der Waals surface area contributed by atoms with Crippen molar-refractivity contribution in [3.8, 4) is 0 Å². The summed E-state index contributed by atoms with van der Waals surface area (Å²) in [5, 5.41) is 3.47. The fourth-order valence-electron chi connectivity index (χ4n) is 2.54. The first-order valence-corrected chi connectivity index (χ1v) is 7.45. The standard InChI is InChI=1S/C17H26F3N/c1-6-21-15(16(3,4)5)10-8-13-7-9-14(11-12(13)2)17(18,19)20/h7,9,11,15,21H,6,8,10H2,1-5H3. The third-order valence-corrected chi connectivity index (χ3v) is 3.87. The Labute approximate surface area is 125 Å². The molecular weight excluding hydrogens is 275 g/mol. The first-order chi connectivity index (χ1) is 9.55. The lowest BCUT2D eigenvalue weighted by molar-refractivity contribution is -0.137. The Kier molecular flexibility index (Phi) is 5.85. The molecule has 0 aliphatic rings. The molecule has 0 amide bonds. The minimum Gasteiger partial charge on any atom is -0.314 e. The highest BCUT2D eigenvalue weighted by Gasteiger charge is 2.30. The van der Waals surface area contributed by atoms with Crippen molar-refractivity contribution in [3.63, 3.8) is 0 Å². The maximum Gasteiger partial charge on any atom is 0.416 e. The van der Waals surface area contributed by atoms with Gasteiger partial charge in [0.05, 0.1) is 5.56 Å². The van der Waals surface area contributed by atoms with E-state index in [-0.39, 0.29) is 5.41 Å². The highest BCUT2D eigenvalue weighted by Crippen LogP contribution is 2.31. The molecule has 1 nitrogen and oxygen atoms in total. The molecule has 1 unspecified atom stereocenters. The Morgan fingerprint density at radius 2 is 1.76 bits per heavy atom. The smallest absolute Gasteiger partial charge is 0.314 e. The molecule has 0 fully saturated rings. The summed E-state index contributed by atoms with van der Waals surface area (Å²) < 4.78 is 38.0. The van der Waals surface area contributed by atoms with Gasteiger partial charge in [-0.25, -0.2) is 0 Å². The SMILES string of the molecule is CCNC(CCc1ccc(C(F)(F)F)cc1C)C(C)(C)C. The topological polar surface area (TPSA) is 12.0 Å². The van der Waals surface area contributed by atoms with E-state index in [1.165, 1.54) is 12.1 Å². The van der Waals surface area contributed by atoms with Crippen molar-refractivity contribution in [3.05, 3.63) is 34.9 Å². The number of hydrogen-bond acceptors (Lipinski definition) is 1. The van der Waals surface area contributed by atoms with Gasteiger partial charge in [0.1, 0.15) is 0 Å². The molecule has 1 aromatic rings. The van der Waals surface area contributed by atoms with E-state index < -0.39 is 11.7 Å². The number of benzene rings is 1. The minimum absolute atomic E-state index is 0.135. The van der Waals surface area contributed by atoms with Crippen LogP contribution in [0.1, 0.15) is 50.8 Å². The van der Waals surface area contributed by atoms with Crippen LogP contribution in [0.3, 0.4) is 0 Å². The Balaban J connectivity index is 2.80. The molecule has 1 aromatic carbocycles. The summed E-state index contributed by atoms with van der Waals surface area (Å²) >= 11 is 0. The van der Waals surface area contributed by atoms with Crippen LogP contribution in [0.5, 0.6) is 0 Å². The number of hydrogen-bond donors (Lipinski definition) is 1. The zero-order valence-corrected chi connectivity index (χ0v) is 13.6. The van der Waals surface area contributed by atoms with Gasteiger partial charge >= 0.3 is 6.18 Å². The highest BCUT2D eigenvalue weighted by molar-refractivity contribution is 5.32. The Morgan fingerprint density at radius 3 is 2.19 bits per heavy atom. The van der Waals surface area contributed by atoms with Gasteiger partial charge in [0, 0.05) is 6.04 Å². The Bertz CT molecular complexity index is 458. The van der Waals surface area contributed by atoms with Gasteiger partial charge in [-0.1, -0.05) is 33.8 Å². The van der Waals surface area contributed by atoms with Crippen LogP contribution in [0.4, 0.5) is 13.2 Å². The van der Waals surface area contributed by atoms with Crippen molar-refractivity contribution in [1.82, 2.24) is 5.32 Å². The van der Waals surface area contributed by atoms with Crippen LogP contribution in [0.2, 0.25) is 0 Å². The van der Waals surface area contributed by atoms with Gasteiger partial charge in [-0.05, 0) is 55.0 Å². The Morgan fingerprint density at radius 1 is 1.14 bits per heavy atom. The monoisotopic (exact) mass is 301 g/mol. The zero-order valence-electron chi connectivity index (χ0n) is 13.6. The molecule has 0 radical (unpaired) electrons. The summed E-state index contributed by atoms with van der Waals surface area (Å²) in [6.07, 6.45) is -2.55. The van der Waals surface area contributed by atoms with Crippen molar-refractivity contribution in [2.45, 2.75) is 59.7 Å². The van der Waals surface area contributed by atoms with Gasteiger partial charge in [0.25, 0.3) is 0 Å². The van der Waals surface area contributed by atoms with E-state index in [4.69, 9.17) is 0 Å². The van der Waals surface area contributed by atoms with Gasteiger partial charge in [0.2, 0.25) is 0 Å². The van der Waals surface area contributed by atoms with Crippen LogP contribution in [0, 0.1) is 12.3 Å². The second-order valence-electron chi connectivity index (χ2n) is 6.65. The third kappa shape index (κ3) is 5.34. The zero-order chi connectivity index (χ0) is 16.3. The number of halogens is 3. The first kappa shape index (κ1) is 18.0. The largest absolute Gasteiger partial charge is 0.416 e. The number of aryl methyl sites for hydroxylation is 2. The predicted octanol–water partition coefficient (Wildman–Crippen LogP) is 4.97. The van der Waals surface area contributed by atoms with Crippen LogP contribution in [0.15, 0.2) is 18.2 Å². The quantitative estimate of drug-likeness (QED) is 0.809. The second-order valence-corrected chi connectivity index (χ2v) is 6.65. The molecule has 120 valence electrons. The number of alkyl halides is 3. The van der Waals surface area contributed by atoms with E-state index in [1.54, 1.807) is 13.0 Å². The average Bonchev–Trinajstić information content (AvgIpc) is 2.33. The second kappa shape index (κ2) is 6.82. The lowest BCUT2D eigenvalue weighted by atomic mass is 9.83. The van der Waals surface area contributed by atoms with Crippen molar-refractivity contribution < 1.29 is 13.2 Å². The number of nitrogens with one attached hydrogen (secondary N) is 1. The predicted molar refractivity (Wildman–Crippen MR) is 81.4 cm³/mol. The van der Waals surface area contributed by atoms with Gasteiger partial charge in [-0.15, -0.1) is 0 Å². The molecule has 0 heterocycles. The molecule has 1 N–H and O–H groups in total. The van der Waals surface area contributed by atoms with Crippen molar-refractivity contribution >= 4 is 0 Å². The van der Waals surface area contributed by atoms with Gasteiger partial charge in [-0.3, -0.25) is 0 Å². The van der Waals surface area contributed by atoms with E-state index in [0.717, 1.165) is 24.9 Å². The van der Waals surface area contributed by atoms with E-state index in [2.05, 4.69) is 33.0 Å². The summed E-state index contributed by atoms with van der Waals surface area (Å²) in [6, 6.07) is 4.39. The molecule has 4 heteroatoms. The van der Waals surface area contributed by atoms with Crippen LogP contribution in [-0.4, -0.2) is 12.6 Å². The maximum absolute atomic E-state index is 12.7. The average molecular weight is 301 g/mol. The lowest BCUT2D eigenvalue weighted by Gasteiger charge is -2.31. The molecule has 0 bridgehead atoms. The van der Waals surface area contributed by atoms with E-state index in [9.17, 15) is 13.2 Å². The molecule has 0 saturated heterocycles. The molecule has 0 aromatic heterocycles. The molecule has 0 aliphatic carbocycles. The van der Waals surface area contributed by atoms with Crippen molar-refractivity contribution in [1.29, 1.82) is 0 Å². The van der Waals surface area contributed by atoms with Gasteiger partial charge in [-0.2, -0.15) is 13.2 Å². The molecular formula is C17H26F3N. The summed E-state index contributed by atoms with van der Waals surface area (Å²) in [6.45, 7) is 11.3. The van der Waals surface area contributed by atoms with Crippen LogP contribution in [0.25, 0.3) is 0 Å². The fourth-order valence-corrected chi connectivity index (χ4v) is 2.54. The third-order valence-electron chi connectivity index (χ3n) is 3.87. The minimum atomic E-state index is -4.26. The summed E-state index contributed by atoms with van der Waals surface area (Å²) in [4.78, 5) is 0. The molecule has 21 heavy (non-hydrogen) atoms. The molecule has 0 spiro atoms. The summed E-state index contributed by atoms with van der Waals surface area (Å²) in [7, 11) is 0. The molecule has 1 atom stereocenters. The van der Waals surface area contributed by atoms with Crippen molar-refractivity contribution in [2.75, 3.05) is 6.54 Å². The van der Waals surface area contributed by atoms with Gasteiger partial charge < -0.3 is 5.32 Å². The lowest BCUT2D eigenvalue weighted by Crippen LogP contribution is -2.40. The van der Waals surface area contributed by atoms with E-state index in [1.807, 2.05) is 0 Å². The molecule has 1 rings (SSSR count). The van der Waals surface area contributed by atoms with Crippen LogP contribution < -0.4 is 5.32 Å². The normalized spacial score (nSPS) is 14.3. The fraction of sp³-hybridized carbons (Fsp3) is 0.647. The first-order valence-electron chi connectivity index (χ1n) is 7.45. The van der Waals surface area contributed by atoms with Crippen LogP contribution in [-0.2, 0) is 12.6 Å². The summed E-state index contributed by atoms with van der Waals surface area (Å²) in [5.41, 5.74) is 1.28. The Hall–Kier alpha value is -1.03. The molecule has 0 aliphatic heterocycles. The van der Waals surface area contributed by atoms with Gasteiger partial charge in [0.15, 0.2) is 0 Å². The van der Waals surface area contributed by atoms with Crippen molar-refractivity contribution in [2.24, 2.45) is 5.41 Å². The van der Waals surface area contributed by atoms with Crippen LogP contribution >= 0.6 is 0 Å².